The van der Waals surface area contributed by atoms with Gasteiger partial charge in [-0.25, -0.2) is 0 Å². The number of hydrogen-bond acceptors (Lipinski definition) is 2. The van der Waals surface area contributed by atoms with Gasteiger partial charge in [0.05, 0.1) is 7.11 Å². The molecule has 2 heteroatoms. The Morgan fingerprint density at radius 3 is 2.76 bits per heavy atom. The summed E-state index contributed by atoms with van der Waals surface area (Å²) in [6.07, 6.45) is 6.87. The Hall–Kier alpha value is -1.02. The minimum absolute atomic E-state index is 0.415. The number of ether oxygens (including phenoxy) is 1. The Labute approximate surface area is 103 Å². The molecule has 0 unspecified atom stereocenters. The van der Waals surface area contributed by atoms with Crippen LogP contribution in [0.25, 0.3) is 0 Å². The second-order valence-corrected chi connectivity index (χ2v) is 5.47. The van der Waals surface area contributed by atoms with Gasteiger partial charge in [-0.15, -0.1) is 0 Å². The van der Waals surface area contributed by atoms with E-state index in [2.05, 4.69) is 23.5 Å². The third-order valence-corrected chi connectivity index (χ3v) is 4.47. The maximum absolute atomic E-state index is 5.33. The van der Waals surface area contributed by atoms with Crippen LogP contribution in [0.5, 0.6) is 5.75 Å². The van der Waals surface area contributed by atoms with Crippen molar-refractivity contribution in [3.63, 3.8) is 0 Å². The Bertz CT molecular complexity index is 407. The van der Waals surface area contributed by atoms with Crippen LogP contribution in [0.3, 0.4) is 0 Å². The average molecular weight is 231 g/mol. The Morgan fingerprint density at radius 1 is 1.18 bits per heavy atom. The lowest BCUT2D eigenvalue weighted by molar-refractivity contribution is 0.264. The second-order valence-electron chi connectivity index (χ2n) is 5.47. The van der Waals surface area contributed by atoms with Crippen LogP contribution in [0.2, 0.25) is 0 Å². The van der Waals surface area contributed by atoms with Crippen LogP contribution >= 0.6 is 0 Å². The highest BCUT2D eigenvalue weighted by Gasteiger charge is 2.37. The fraction of sp³-hybridized carbons (Fsp3) is 0.600. The van der Waals surface area contributed by atoms with Crippen LogP contribution in [0, 0.1) is 0 Å². The van der Waals surface area contributed by atoms with Gasteiger partial charge >= 0.3 is 0 Å². The van der Waals surface area contributed by atoms with Crippen molar-refractivity contribution in [1.82, 2.24) is 5.32 Å². The second kappa shape index (κ2) is 4.34. The topological polar surface area (TPSA) is 21.3 Å². The van der Waals surface area contributed by atoms with Crippen molar-refractivity contribution in [3.8, 4) is 5.75 Å². The predicted octanol–water partition coefficient (Wildman–Crippen LogP) is 3.00. The minimum atomic E-state index is 0.415. The smallest absolute Gasteiger partial charge is 0.119 e. The van der Waals surface area contributed by atoms with E-state index in [-0.39, 0.29) is 0 Å². The number of benzene rings is 1. The molecule has 3 rings (SSSR count). The maximum Gasteiger partial charge on any atom is 0.119 e. The molecule has 92 valence electrons. The quantitative estimate of drug-likeness (QED) is 0.802. The number of hydrogen-bond donors (Lipinski definition) is 1. The Kier molecular flexibility index (Phi) is 2.83. The molecule has 0 bridgehead atoms. The van der Waals surface area contributed by atoms with Gasteiger partial charge in [0.1, 0.15) is 5.75 Å². The summed E-state index contributed by atoms with van der Waals surface area (Å²) in [6, 6.07) is 6.64. The molecule has 0 radical (unpaired) electrons. The molecule has 1 saturated carbocycles. The molecule has 1 aliphatic carbocycles. The molecule has 2 nitrogen and oxygen atoms in total. The summed E-state index contributed by atoms with van der Waals surface area (Å²) >= 11 is 0. The van der Waals surface area contributed by atoms with Crippen LogP contribution < -0.4 is 10.1 Å². The molecule has 1 heterocycles. The lowest BCUT2D eigenvalue weighted by Gasteiger charge is -2.42. The van der Waals surface area contributed by atoms with Crippen LogP contribution in [0.1, 0.15) is 43.2 Å². The van der Waals surface area contributed by atoms with Gasteiger partial charge in [-0.05, 0) is 36.1 Å². The normalized spacial score (nSPS) is 22.2. The summed E-state index contributed by atoms with van der Waals surface area (Å²) < 4.78 is 5.33. The van der Waals surface area contributed by atoms with Crippen LogP contribution in [0.4, 0.5) is 0 Å². The standard InChI is InChI=1S/C15H21NO/c1-17-13-5-6-14-12(9-13)10-16-11-15(14)7-3-2-4-8-15/h5-6,9,16H,2-4,7-8,10-11H2,1H3. The fourth-order valence-electron chi connectivity index (χ4n) is 3.57. The Morgan fingerprint density at radius 2 is 2.00 bits per heavy atom. The zero-order valence-corrected chi connectivity index (χ0v) is 10.6. The van der Waals surface area contributed by atoms with Gasteiger partial charge in [-0.2, -0.15) is 0 Å². The van der Waals surface area contributed by atoms with E-state index < -0.39 is 0 Å². The van der Waals surface area contributed by atoms with E-state index in [4.69, 9.17) is 4.74 Å². The van der Waals surface area contributed by atoms with Gasteiger partial charge in [0.25, 0.3) is 0 Å². The number of rotatable bonds is 1. The van der Waals surface area contributed by atoms with Crippen LogP contribution in [-0.2, 0) is 12.0 Å². The van der Waals surface area contributed by atoms with E-state index in [1.54, 1.807) is 12.7 Å². The van der Waals surface area contributed by atoms with Crippen molar-refractivity contribution in [3.05, 3.63) is 29.3 Å². The van der Waals surface area contributed by atoms with Gasteiger partial charge in [0, 0.05) is 18.5 Å². The highest BCUT2D eigenvalue weighted by Crippen LogP contribution is 2.43. The van der Waals surface area contributed by atoms with Crippen LogP contribution in [-0.4, -0.2) is 13.7 Å². The molecule has 1 aliphatic heterocycles. The third-order valence-electron chi connectivity index (χ3n) is 4.47. The van der Waals surface area contributed by atoms with Crippen molar-refractivity contribution in [2.24, 2.45) is 0 Å². The molecular formula is C15H21NO. The number of nitrogens with one attached hydrogen (secondary N) is 1. The van der Waals surface area contributed by atoms with Crippen molar-refractivity contribution in [2.45, 2.75) is 44.1 Å². The molecule has 0 aromatic heterocycles. The van der Waals surface area contributed by atoms with Gasteiger partial charge < -0.3 is 10.1 Å². The highest BCUT2D eigenvalue weighted by molar-refractivity contribution is 5.42. The molecule has 1 fully saturated rings. The van der Waals surface area contributed by atoms with Crippen molar-refractivity contribution in [2.75, 3.05) is 13.7 Å². The first kappa shape index (κ1) is 11.1. The van der Waals surface area contributed by atoms with Crippen LogP contribution in [0.15, 0.2) is 18.2 Å². The fourth-order valence-corrected chi connectivity index (χ4v) is 3.57. The summed E-state index contributed by atoms with van der Waals surface area (Å²) in [4.78, 5) is 0. The largest absolute Gasteiger partial charge is 0.497 e. The number of methoxy groups -OCH3 is 1. The molecule has 1 aromatic carbocycles. The molecule has 0 saturated heterocycles. The van der Waals surface area contributed by atoms with Gasteiger partial charge in [0.2, 0.25) is 0 Å². The zero-order valence-electron chi connectivity index (χ0n) is 10.6. The third kappa shape index (κ3) is 1.85. The molecule has 0 amide bonds. The summed E-state index contributed by atoms with van der Waals surface area (Å²) in [5.74, 6) is 0.985. The SMILES string of the molecule is COc1ccc2c(c1)CNCC21CCCCC1. The molecule has 1 spiro atoms. The summed E-state index contributed by atoms with van der Waals surface area (Å²) in [6.45, 7) is 2.15. The van der Waals surface area contributed by atoms with Gasteiger partial charge in [0.15, 0.2) is 0 Å². The van der Waals surface area contributed by atoms with E-state index in [0.29, 0.717) is 5.41 Å². The van der Waals surface area contributed by atoms with Gasteiger partial charge in [-0.1, -0.05) is 25.3 Å². The molecular weight excluding hydrogens is 210 g/mol. The maximum atomic E-state index is 5.33. The summed E-state index contributed by atoms with van der Waals surface area (Å²) in [5.41, 5.74) is 3.44. The van der Waals surface area contributed by atoms with E-state index in [0.717, 1.165) is 18.8 Å². The Balaban J connectivity index is 2.01. The zero-order chi connectivity index (χ0) is 11.7. The molecule has 2 aliphatic rings. The highest BCUT2D eigenvalue weighted by atomic mass is 16.5. The number of fused-ring (bicyclic) bond motifs is 2. The first-order valence-electron chi connectivity index (χ1n) is 6.72. The van der Waals surface area contributed by atoms with Crippen molar-refractivity contribution in [1.29, 1.82) is 0 Å². The van der Waals surface area contributed by atoms with Crippen molar-refractivity contribution < 1.29 is 4.74 Å². The van der Waals surface area contributed by atoms with E-state index >= 15 is 0 Å². The first-order valence-corrected chi connectivity index (χ1v) is 6.72. The van der Waals surface area contributed by atoms with E-state index in [9.17, 15) is 0 Å². The first-order chi connectivity index (χ1) is 8.34. The monoisotopic (exact) mass is 231 g/mol. The minimum Gasteiger partial charge on any atom is -0.497 e. The summed E-state index contributed by atoms with van der Waals surface area (Å²) in [5, 5.41) is 3.60. The molecule has 0 atom stereocenters. The molecule has 1 aromatic rings. The van der Waals surface area contributed by atoms with Crippen molar-refractivity contribution >= 4 is 0 Å². The lowest BCUT2D eigenvalue weighted by Crippen LogP contribution is -2.44. The summed E-state index contributed by atoms with van der Waals surface area (Å²) in [7, 11) is 1.74. The lowest BCUT2D eigenvalue weighted by atomic mass is 9.66. The average Bonchev–Trinajstić information content (AvgIpc) is 2.39. The molecule has 17 heavy (non-hydrogen) atoms. The van der Waals surface area contributed by atoms with E-state index in [1.807, 2.05) is 0 Å². The van der Waals surface area contributed by atoms with Gasteiger partial charge in [-0.3, -0.25) is 0 Å². The predicted molar refractivity (Wildman–Crippen MR) is 69.5 cm³/mol. The van der Waals surface area contributed by atoms with E-state index in [1.165, 1.54) is 37.7 Å². The molecule has 1 N–H and O–H groups in total.